The molecule has 11 heteroatoms. The number of nitrogens with zero attached hydrogens (tertiary/aromatic N) is 1. The Morgan fingerprint density at radius 2 is 1.91 bits per heavy atom. The number of aliphatic hydroxyl groups is 5. The highest BCUT2D eigenvalue weighted by Gasteiger charge is 2.52. The van der Waals surface area contributed by atoms with Crippen molar-refractivity contribution >= 4 is 16.7 Å². The summed E-state index contributed by atoms with van der Waals surface area (Å²) in [5, 5.41) is 49.7. The van der Waals surface area contributed by atoms with Gasteiger partial charge >= 0.3 is 5.63 Å². The van der Waals surface area contributed by atoms with E-state index in [1.807, 2.05) is 0 Å². The monoisotopic (exact) mass is 449 g/mol. The highest BCUT2D eigenvalue weighted by atomic mass is 16.7. The molecule has 2 aliphatic heterocycles. The summed E-state index contributed by atoms with van der Waals surface area (Å²) in [5.74, 6) is -0.0483. The summed E-state index contributed by atoms with van der Waals surface area (Å²) in [7, 11) is 1.46. The number of fused-ring (bicyclic) bond motifs is 7. The van der Waals surface area contributed by atoms with E-state index in [1.54, 1.807) is 6.07 Å². The van der Waals surface area contributed by atoms with Crippen molar-refractivity contribution in [1.29, 1.82) is 0 Å². The van der Waals surface area contributed by atoms with E-state index in [-0.39, 0.29) is 11.1 Å². The van der Waals surface area contributed by atoms with E-state index in [2.05, 4.69) is 4.99 Å². The van der Waals surface area contributed by atoms with Crippen LogP contribution in [0.5, 0.6) is 11.5 Å². The van der Waals surface area contributed by atoms with Gasteiger partial charge < -0.3 is 44.2 Å². The van der Waals surface area contributed by atoms with Gasteiger partial charge in [-0.25, -0.2) is 4.79 Å². The summed E-state index contributed by atoms with van der Waals surface area (Å²) in [6, 6.07) is 1.62. The average molecular weight is 449 g/mol. The van der Waals surface area contributed by atoms with Gasteiger partial charge in [-0.15, -0.1) is 0 Å². The number of aliphatic imine (C=N–C) groups is 1. The Morgan fingerprint density at radius 1 is 1.19 bits per heavy atom. The molecule has 2 aromatic rings. The number of rotatable bonds is 5. The second-order valence-corrected chi connectivity index (χ2v) is 8.22. The van der Waals surface area contributed by atoms with Crippen LogP contribution in [-0.4, -0.2) is 82.4 Å². The third-order valence-corrected chi connectivity index (χ3v) is 6.43. The molecule has 1 fully saturated rings. The molecule has 0 saturated carbocycles. The van der Waals surface area contributed by atoms with Crippen molar-refractivity contribution in [1.82, 2.24) is 0 Å². The molecule has 32 heavy (non-hydrogen) atoms. The highest BCUT2D eigenvalue weighted by Crippen LogP contribution is 2.52. The van der Waals surface area contributed by atoms with E-state index in [1.165, 1.54) is 7.11 Å². The summed E-state index contributed by atoms with van der Waals surface area (Å²) in [6.45, 7) is -1.81. The molecule has 0 spiro atoms. The molecule has 5 N–H and O–H groups in total. The molecule has 1 aromatic heterocycles. The van der Waals surface area contributed by atoms with Crippen molar-refractivity contribution in [3.63, 3.8) is 0 Å². The van der Waals surface area contributed by atoms with Crippen LogP contribution in [0.2, 0.25) is 0 Å². The molecular formula is C21H23NO10. The SMILES string of the molecule is COc1cc2c(c3oc(=O)c4c(c13)CCC4=NC(CO)(CO)CO)C1C(O2)OC(O)C1O. The van der Waals surface area contributed by atoms with E-state index in [9.17, 15) is 30.3 Å². The summed E-state index contributed by atoms with van der Waals surface area (Å²) in [4.78, 5) is 17.4. The van der Waals surface area contributed by atoms with E-state index in [0.717, 1.165) is 0 Å². The Balaban J connectivity index is 1.76. The van der Waals surface area contributed by atoms with Crippen molar-refractivity contribution in [2.75, 3.05) is 26.9 Å². The molecular weight excluding hydrogens is 426 g/mol. The van der Waals surface area contributed by atoms with Gasteiger partial charge in [0.05, 0.1) is 55.1 Å². The molecule has 11 nitrogen and oxygen atoms in total. The van der Waals surface area contributed by atoms with Gasteiger partial charge in [0.2, 0.25) is 6.29 Å². The molecule has 3 aliphatic rings. The number of benzene rings is 1. The van der Waals surface area contributed by atoms with Crippen LogP contribution in [0.15, 0.2) is 20.3 Å². The van der Waals surface area contributed by atoms with E-state index in [4.69, 9.17) is 18.6 Å². The first-order valence-corrected chi connectivity index (χ1v) is 10.2. The molecule has 1 aromatic carbocycles. The fourth-order valence-electron chi connectivity index (χ4n) is 4.72. The molecule has 1 aliphatic carbocycles. The molecule has 4 unspecified atom stereocenters. The van der Waals surface area contributed by atoms with Crippen LogP contribution in [0.25, 0.3) is 11.0 Å². The lowest BCUT2D eigenvalue weighted by molar-refractivity contribution is -0.165. The maximum atomic E-state index is 13.1. The first kappa shape index (κ1) is 21.3. The number of aliphatic hydroxyl groups excluding tert-OH is 5. The van der Waals surface area contributed by atoms with Gasteiger partial charge in [-0.2, -0.15) is 0 Å². The van der Waals surface area contributed by atoms with Crippen molar-refractivity contribution < 1.29 is 44.2 Å². The van der Waals surface area contributed by atoms with Crippen LogP contribution in [0.4, 0.5) is 0 Å². The molecule has 1 saturated heterocycles. The van der Waals surface area contributed by atoms with Crippen LogP contribution < -0.4 is 15.1 Å². The van der Waals surface area contributed by atoms with Crippen molar-refractivity contribution in [2.45, 2.75) is 43.0 Å². The normalized spacial score (nSPS) is 27.5. The maximum absolute atomic E-state index is 13.1. The molecule has 172 valence electrons. The molecule has 4 atom stereocenters. The largest absolute Gasteiger partial charge is 0.496 e. The molecule has 0 amide bonds. The summed E-state index contributed by atoms with van der Waals surface area (Å²) >= 11 is 0. The molecule has 0 radical (unpaired) electrons. The zero-order valence-corrected chi connectivity index (χ0v) is 17.1. The van der Waals surface area contributed by atoms with E-state index < -0.39 is 55.6 Å². The fraction of sp³-hybridized carbons (Fsp3) is 0.524. The van der Waals surface area contributed by atoms with Gasteiger partial charge in [-0.05, 0) is 18.4 Å². The lowest BCUT2D eigenvalue weighted by atomic mass is 9.92. The molecule has 0 bridgehead atoms. The van der Waals surface area contributed by atoms with Crippen molar-refractivity contribution in [3.8, 4) is 11.5 Å². The van der Waals surface area contributed by atoms with Crippen LogP contribution in [0.3, 0.4) is 0 Å². The smallest absolute Gasteiger partial charge is 0.345 e. The third-order valence-electron chi connectivity index (χ3n) is 6.43. The highest BCUT2D eigenvalue weighted by molar-refractivity contribution is 6.09. The minimum Gasteiger partial charge on any atom is -0.496 e. The van der Waals surface area contributed by atoms with Gasteiger partial charge in [0.1, 0.15) is 28.7 Å². The molecule has 3 heterocycles. The minimum atomic E-state index is -1.52. The molecule has 5 rings (SSSR count). The Morgan fingerprint density at radius 3 is 2.56 bits per heavy atom. The minimum absolute atomic E-state index is 0.173. The maximum Gasteiger partial charge on any atom is 0.345 e. The first-order valence-electron chi connectivity index (χ1n) is 10.2. The third kappa shape index (κ3) is 2.83. The van der Waals surface area contributed by atoms with E-state index >= 15 is 0 Å². The predicted molar refractivity (Wildman–Crippen MR) is 108 cm³/mol. The zero-order valence-electron chi connectivity index (χ0n) is 17.1. The number of hydrogen-bond acceptors (Lipinski definition) is 11. The fourth-order valence-corrected chi connectivity index (χ4v) is 4.72. The second-order valence-electron chi connectivity index (χ2n) is 8.22. The number of ether oxygens (including phenoxy) is 3. The van der Waals surface area contributed by atoms with Gasteiger partial charge in [0.15, 0.2) is 6.29 Å². The van der Waals surface area contributed by atoms with Crippen LogP contribution in [-0.2, 0) is 11.2 Å². The van der Waals surface area contributed by atoms with Crippen molar-refractivity contribution in [3.05, 3.63) is 33.2 Å². The second kappa shape index (κ2) is 7.51. The van der Waals surface area contributed by atoms with Crippen LogP contribution in [0, 0.1) is 0 Å². The standard InChI is InChI=1S/C21H23NO10/c1-29-10-4-11-14(15-16(26)19(28)32-20(15)30-11)17-13(10)8-2-3-9(12(8)18(27)31-17)22-21(5-23,6-24)7-25/h4,15-16,19-20,23-26,28H,2-3,5-7H2,1H3. The summed E-state index contributed by atoms with van der Waals surface area (Å²) in [5.41, 5.74) is -0.530. The number of hydrogen-bond donors (Lipinski definition) is 5. The van der Waals surface area contributed by atoms with Gasteiger partial charge in [0, 0.05) is 6.07 Å². The van der Waals surface area contributed by atoms with Crippen LogP contribution in [0.1, 0.15) is 29.0 Å². The Bertz CT molecular complexity index is 1160. The Labute approximate surface area is 181 Å². The number of aryl methyl sites for hydroxylation is 1. The topological polar surface area (TPSA) is 171 Å². The predicted octanol–water partition coefficient (Wildman–Crippen LogP) is -1.24. The summed E-state index contributed by atoms with van der Waals surface area (Å²) < 4.78 is 22.2. The lowest BCUT2D eigenvalue weighted by Gasteiger charge is -2.23. The lowest BCUT2D eigenvalue weighted by Crippen LogP contribution is -2.41. The zero-order chi connectivity index (χ0) is 22.8. The van der Waals surface area contributed by atoms with Crippen molar-refractivity contribution in [2.24, 2.45) is 4.99 Å². The van der Waals surface area contributed by atoms with Crippen LogP contribution >= 0.6 is 0 Å². The van der Waals surface area contributed by atoms with Gasteiger partial charge in [0.25, 0.3) is 0 Å². The Kier molecular flexibility index (Phi) is 5.00. The van der Waals surface area contributed by atoms with Gasteiger partial charge in [-0.3, -0.25) is 4.99 Å². The first-order chi connectivity index (χ1) is 15.4. The van der Waals surface area contributed by atoms with Gasteiger partial charge in [-0.1, -0.05) is 0 Å². The quantitative estimate of drug-likeness (QED) is 0.348. The number of methoxy groups -OCH3 is 1. The van der Waals surface area contributed by atoms with E-state index in [0.29, 0.717) is 46.6 Å². The average Bonchev–Trinajstić information content (AvgIpc) is 3.45. The Hall–Kier alpha value is -2.54. The summed E-state index contributed by atoms with van der Waals surface area (Å²) in [6.07, 6.45) is -2.90.